The molecule has 0 fully saturated rings. The van der Waals surface area contributed by atoms with E-state index in [4.69, 9.17) is 18.9 Å². The number of anilines is 2. The quantitative estimate of drug-likeness (QED) is 0.457. The Morgan fingerprint density at radius 1 is 1.21 bits per heavy atom. The first-order chi connectivity index (χ1) is 14.2. The number of hydrogen-bond acceptors (Lipinski definition) is 8. The lowest BCUT2D eigenvalue weighted by Crippen LogP contribution is -2.01. The predicted octanol–water partition coefficient (Wildman–Crippen LogP) is 4.38. The van der Waals surface area contributed by atoms with Crippen LogP contribution in [0.4, 0.5) is 10.8 Å². The lowest BCUT2D eigenvalue weighted by Gasteiger charge is -2.04. The number of nitrogens with one attached hydrogen (secondary N) is 1. The maximum atomic E-state index is 12.0. The van der Waals surface area contributed by atoms with Crippen molar-refractivity contribution in [3.05, 3.63) is 65.2 Å². The zero-order chi connectivity index (χ0) is 20.1. The largest absolute Gasteiger partial charge is 0.497 e. The number of carbonyl (C=O) groups is 1. The smallest absolute Gasteiger partial charge is 0.331 e. The highest BCUT2D eigenvalue weighted by atomic mass is 32.1. The van der Waals surface area contributed by atoms with E-state index in [9.17, 15) is 4.79 Å². The number of rotatable bonds is 7. The molecule has 1 aliphatic heterocycles. The van der Waals surface area contributed by atoms with Gasteiger partial charge in [0.25, 0.3) is 0 Å². The first-order valence-electron chi connectivity index (χ1n) is 8.79. The number of thiazole rings is 1. The molecule has 0 spiro atoms. The Morgan fingerprint density at radius 3 is 2.86 bits per heavy atom. The molecule has 1 aromatic heterocycles. The van der Waals surface area contributed by atoms with Gasteiger partial charge in [0.2, 0.25) is 6.79 Å². The van der Waals surface area contributed by atoms with Crippen molar-refractivity contribution in [1.29, 1.82) is 0 Å². The third-order valence-corrected chi connectivity index (χ3v) is 4.87. The van der Waals surface area contributed by atoms with Crippen LogP contribution in [-0.4, -0.2) is 24.9 Å². The first-order valence-corrected chi connectivity index (χ1v) is 9.67. The minimum atomic E-state index is -0.444. The number of carbonyl (C=O) groups excluding carboxylic acids is 1. The van der Waals surface area contributed by atoms with Crippen LogP contribution in [0.2, 0.25) is 0 Å². The van der Waals surface area contributed by atoms with Gasteiger partial charge in [-0.2, -0.15) is 0 Å². The second-order valence-electron chi connectivity index (χ2n) is 6.05. The van der Waals surface area contributed by atoms with Crippen molar-refractivity contribution in [3.8, 4) is 17.2 Å². The second-order valence-corrected chi connectivity index (χ2v) is 6.91. The molecule has 2 aromatic carbocycles. The number of fused-ring (bicyclic) bond motifs is 1. The molecule has 8 heteroatoms. The Hall–Kier alpha value is -3.52. The van der Waals surface area contributed by atoms with E-state index in [2.05, 4.69) is 10.3 Å². The van der Waals surface area contributed by atoms with Gasteiger partial charge in [0.1, 0.15) is 12.4 Å². The van der Waals surface area contributed by atoms with Gasteiger partial charge in [0.15, 0.2) is 16.6 Å². The summed E-state index contributed by atoms with van der Waals surface area (Å²) in [6.07, 6.45) is 3.04. The van der Waals surface area contributed by atoms with Crippen LogP contribution in [0.15, 0.2) is 53.9 Å². The lowest BCUT2D eigenvalue weighted by molar-refractivity contribution is -0.139. The van der Waals surface area contributed by atoms with Gasteiger partial charge >= 0.3 is 5.97 Å². The Morgan fingerprint density at radius 2 is 2.03 bits per heavy atom. The molecule has 2 heterocycles. The topological polar surface area (TPSA) is 78.9 Å². The molecule has 0 amide bonds. The third-order valence-electron chi connectivity index (χ3n) is 4.06. The van der Waals surface area contributed by atoms with Crippen LogP contribution in [0.3, 0.4) is 0 Å². The van der Waals surface area contributed by atoms with E-state index in [1.807, 2.05) is 41.8 Å². The fourth-order valence-corrected chi connectivity index (χ4v) is 3.32. The molecule has 0 radical (unpaired) electrons. The minimum Gasteiger partial charge on any atom is -0.497 e. The van der Waals surface area contributed by atoms with Gasteiger partial charge in [0.05, 0.1) is 12.8 Å². The van der Waals surface area contributed by atoms with Gasteiger partial charge in [-0.1, -0.05) is 6.07 Å². The first kappa shape index (κ1) is 18.8. The van der Waals surface area contributed by atoms with E-state index in [-0.39, 0.29) is 13.4 Å². The van der Waals surface area contributed by atoms with E-state index in [0.29, 0.717) is 17.2 Å². The Bertz CT molecular complexity index is 1030. The van der Waals surface area contributed by atoms with E-state index in [0.717, 1.165) is 22.1 Å². The molecule has 1 aliphatic rings. The average Bonchev–Trinajstić information content (AvgIpc) is 3.40. The van der Waals surface area contributed by atoms with Gasteiger partial charge in [-0.05, 0) is 48.0 Å². The van der Waals surface area contributed by atoms with Crippen LogP contribution in [0, 0.1) is 0 Å². The molecule has 4 rings (SSSR count). The summed E-state index contributed by atoms with van der Waals surface area (Å²) >= 11 is 1.44. The van der Waals surface area contributed by atoms with Crippen LogP contribution in [-0.2, 0) is 16.1 Å². The summed E-state index contributed by atoms with van der Waals surface area (Å²) in [5.41, 5.74) is 2.40. The summed E-state index contributed by atoms with van der Waals surface area (Å²) in [5, 5.41) is 5.77. The van der Waals surface area contributed by atoms with Crippen LogP contribution in [0.5, 0.6) is 17.2 Å². The summed E-state index contributed by atoms with van der Waals surface area (Å²) in [4.78, 5) is 16.4. The molecule has 0 atom stereocenters. The van der Waals surface area contributed by atoms with Gasteiger partial charge in [-0.15, -0.1) is 11.3 Å². The van der Waals surface area contributed by atoms with Gasteiger partial charge < -0.3 is 24.3 Å². The van der Waals surface area contributed by atoms with Crippen molar-refractivity contribution in [2.75, 3.05) is 19.2 Å². The van der Waals surface area contributed by atoms with E-state index >= 15 is 0 Å². The van der Waals surface area contributed by atoms with Gasteiger partial charge in [-0.25, -0.2) is 9.78 Å². The molecule has 0 saturated heterocycles. The molecule has 148 valence electrons. The lowest BCUT2D eigenvalue weighted by atomic mass is 10.2. The molecule has 0 bridgehead atoms. The Labute approximate surface area is 171 Å². The van der Waals surface area contributed by atoms with Crippen molar-refractivity contribution >= 4 is 34.2 Å². The van der Waals surface area contributed by atoms with Crippen molar-refractivity contribution in [1.82, 2.24) is 4.98 Å². The maximum Gasteiger partial charge on any atom is 0.331 e. The number of ether oxygens (including phenoxy) is 4. The molecule has 1 N–H and O–H groups in total. The van der Waals surface area contributed by atoms with E-state index in [1.54, 1.807) is 19.3 Å². The minimum absolute atomic E-state index is 0.102. The Balaban J connectivity index is 1.28. The molecular weight excluding hydrogens is 392 g/mol. The zero-order valence-electron chi connectivity index (χ0n) is 15.6. The molecule has 0 aliphatic carbocycles. The zero-order valence-corrected chi connectivity index (χ0v) is 16.4. The van der Waals surface area contributed by atoms with Gasteiger partial charge in [0, 0.05) is 17.1 Å². The number of nitrogens with zero attached hydrogens (tertiary/aromatic N) is 1. The number of benzene rings is 2. The highest BCUT2D eigenvalue weighted by molar-refractivity contribution is 7.13. The van der Waals surface area contributed by atoms with E-state index in [1.165, 1.54) is 17.4 Å². The Kier molecular flexibility index (Phi) is 5.62. The monoisotopic (exact) mass is 410 g/mol. The summed E-state index contributed by atoms with van der Waals surface area (Å²) in [7, 11) is 1.63. The van der Waals surface area contributed by atoms with E-state index < -0.39 is 5.97 Å². The fraction of sp³-hybridized carbons (Fsp3) is 0.143. The molecule has 29 heavy (non-hydrogen) atoms. The van der Waals surface area contributed by atoms with Crippen molar-refractivity contribution in [3.63, 3.8) is 0 Å². The number of methoxy groups -OCH3 is 1. The predicted molar refractivity (Wildman–Crippen MR) is 110 cm³/mol. The van der Waals surface area contributed by atoms with Crippen LogP contribution in [0.1, 0.15) is 11.3 Å². The summed E-state index contributed by atoms with van der Waals surface area (Å²) in [6, 6.07) is 13.0. The highest BCUT2D eigenvalue weighted by Crippen LogP contribution is 2.32. The summed E-state index contributed by atoms with van der Waals surface area (Å²) in [6.45, 7) is 0.318. The van der Waals surface area contributed by atoms with Crippen molar-refractivity contribution in [2.24, 2.45) is 0 Å². The maximum absolute atomic E-state index is 12.0. The standard InChI is InChI=1S/C21H18N2O5S/c1-25-17-6-4-15(5-7-17)22-21-23-16(12-29-21)11-26-20(24)9-3-14-2-8-18-19(10-14)28-13-27-18/h2-10,12H,11,13H2,1H3,(H,22,23)/b9-3+. The fourth-order valence-electron chi connectivity index (χ4n) is 2.60. The molecule has 3 aromatic rings. The molecule has 7 nitrogen and oxygen atoms in total. The summed E-state index contributed by atoms with van der Waals surface area (Å²) in [5.74, 6) is 1.71. The average molecular weight is 410 g/mol. The summed E-state index contributed by atoms with van der Waals surface area (Å²) < 4.78 is 21.0. The number of esters is 1. The van der Waals surface area contributed by atoms with Gasteiger partial charge in [-0.3, -0.25) is 0 Å². The number of hydrogen-bond donors (Lipinski definition) is 1. The molecule has 0 saturated carbocycles. The molecular formula is C21H18N2O5S. The van der Waals surface area contributed by atoms with Crippen LogP contribution in [0.25, 0.3) is 6.08 Å². The van der Waals surface area contributed by atoms with Crippen molar-refractivity contribution in [2.45, 2.75) is 6.61 Å². The highest BCUT2D eigenvalue weighted by Gasteiger charge is 2.12. The second kappa shape index (κ2) is 8.66. The third kappa shape index (κ3) is 4.85. The molecule has 0 unspecified atom stereocenters. The normalized spacial score (nSPS) is 12.2. The SMILES string of the molecule is COc1ccc(Nc2nc(COC(=O)/C=C/c3ccc4c(c3)OCO4)cs2)cc1. The number of aromatic nitrogens is 1. The van der Waals surface area contributed by atoms with Crippen molar-refractivity contribution < 1.29 is 23.7 Å². The van der Waals surface area contributed by atoms with Crippen LogP contribution >= 0.6 is 11.3 Å². The van der Waals surface area contributed by atoms with Crippen LogP contribution < -0.4 is 19.5 Å².